The highest BCUT2D eigenvalue weighted by Gasteiger charge is 2.18. The summed E-state index contributed by atoms with van der Waals surface area (Å²) in [6.45, 7) is 2.06. The van der Waals surface area contributed by atoms with Gasteiger partial charge in [-0.1, -0.05) is 6.07 Å². The molecule has 0 aliphatic heterocycles. The van der Waals surface area contributed by atoms with Crippen molar-refractivity contribution in [1.82, 2.24) is 4.90 Å². The SMILES string of the molecule is COc1ccc(CN)c(OC(C)C(=O)N(C)C)c1. The first-order valence-corrected chi connectivity index (χ1v) is 5.74. The van der Waals surface area contributed by atoms with Gasteiger partial charge in [0.05, 0.1) is 7.11 Å². The maximum absolute atomic E-state index is 11.7. The number of likely N-dealkylation sites (N-methyl/N-ethyl adjacent to an activating group) is 1. The number of nitrogens with zero attached hydrogens (tertiary/aromatic N) is 1. The lowest BCUT2D eigenvalue weighted by molar-refractivity contribution is -0.135. The van der Waals surface area contributed by atoms with E-state index in [2.05, 4.69) is 0 Å². The fraction of sp³-hybridized carbons (Fsp3) is 0.462. The second-order valence-electron chi connectivity index (χ2n) is 4.17. The van der Waals surface area contributed by atoms with Gasteiger partial charge in [0.2, 0.25) is 0 Å². The molecule has 0 radical (unpaired) electrons. The molecule has 5 nitrogen and oxygen atoms in total. The van der Waals surface area contributed by atoms with Crippen molar-refractivity contribution in [2.24, 2.45) is 5.73 Å². The number of carbonyl (C=O) groups is 1. The predicted octanol–water partition coefficient (Wildman–Crippen LogP) is 1.01. The molecule has 1 amide bonds. The third-order valence-electron chi connectivity index (χ3n) is 2.59. The van der Waals surface area contributed by atoms with Gasteiger partial charge in [-0.2, -0.15) is 0 Å². The Labute approximate surface area is 107 Å². The van der Waals surface area contributed by atoms with Crippen LogP contribution in [0.25, 0.3) is 0 Å². The van der Waals surface area contributed by atoms with Crippen molar-refractivity contribution in [1.29, 1.82) is 0 Å². The maximum atomic E-state index is 11.7. The Morgan fingerprint density at radius 3 is 2.61 bits per heavy atom. The Balaban J connectivity index is 2.91. The average molecular weight is 252 g/mol. The molecule has 0 saturated carbocycles. The molecule has 1 aromatic carbocycles. The summed E-state index contributed by atoms with van der Waals surface area (Å²) < 4.78 is 10.8. The lowest BCUT2D eigenvalue weighted by atomic mass is 10.2. The van der Waals surface area contributed by atoms with Crippen LogP contribution in [0.5, 0.6) is 11.5 Å². The predicted molar refractivity (Wildman–Crippen MR) is 69.7 cm³/mol. The summed E-state index contributed by atoms with van der Waals surface area (Å²) in [5.74, 6) is 1.16. The second kappa shape index (κ2) is 6.26. The number of benzene rings is 1. The molecule has 1 unspecified atom stereocenters. The zero-order valence-corrected chi connectivity index (χ0v) is 11.3. The van der Waals surface area contributed by atoms with Gasteiger partial charge >= 0.3 is 0 Å². The van der Waals surface area contributed by atoms with E-state index in [1.807, 2.05) is 12.1 Å². The van der Waals surface area contributed by atoms with Gasteiger partial charge in [0.25, 0.3) is 5.91 Å². The van der Waals surface area contributed by atoms with Crippen molar-refractivity contribution < 1.29 is 14.3 Å². The van der Waals surface area contributed by atoms with Crippen molar-refractivity contribution in [2.75, 3.05) is 21.2 Å². The molecule has 18 heavy (non-hydrogen) atoms. The van der Waals surface area contributed by atoms with Gasteiger partial charge in [-0.05, 0) is 13.0 Å². The molecule has 100 valence electrons. The molecule has 0 aromatic heterocycles. The van der Waals surface area contributed by atoms with E-state index in [1.54, 1.807) is 34.2 Å². The minimum Gasteiger partial charge on any atom is -0.497 e. The minimum atomic E-state index is -0.558. The first-order chi connectivity index (χ1) is 8.49. The lowest BCUT2D eigenvalue weighted by Gasteiger charge is -2.20. The monoisotopic (exact) mass is 252 g/mol. The quantitative estimate of drug-likeness (QED) is 0.849. The van der Waals surface area contributed by atoms with E-state index in [1.165, 1.54) is 4.90 Å². The smallest absolute Gasteiger partial charge is 0.262 e. The standard InChI is InChI=1S/C13H20N2O3/c1-9(13(16)15(2)3)18-12-7-11(17-4)6-5-10(12)8-14/h5-7,9H,8,14H2,1-4H3. The fourth-order valence-electron chi connectivity index (χ4n) is 1.54. The number of amides is 1. The van der Waals surface area contributed by atoms with Gasteiger partial charge < -0.3 is 20.1 Å². The summed E-state index contributed by atoms with van der Waals surface area (Å²) in [4.78, 5) is 13.2. The molecule has 0 saturated heterocycles. The van der Waals surface area contributed by atoms with Crippen LogP contribution in [0, 0.1) is 0 Å². The van der Waals surface area contributed by atoms with E-state index >= 15 is 0 Å². The van der Waals surface area contributed by atoms with Crippen molar-refractivity contribution >= 4 is 5.91 Å². The van der Waals surface area contributed by atoms with Gasteiger partial charge in [0.1, 0.15) is 11.5 Å². The Hall–Kier alpha value is -1.75. The van der Waals surface area contributed by atoms with Gasteiger partial charge in [-0.15, -0.1) is 0 Å². The summed E-state index contributed by atoms with van der Waals surface area (Å²) in [6.07, 6.45) is -0.558. The highest BCUT2D eigenvalue weighted by molar-refractivity contribution is 5.80. The van der Waals surface area contributed by atoms with E-state index in [0.29, 0.717) is 18.0 Å². The van der Waals surface area contributed by atoms with E-state index in [9.17, 15) is 4.79 Å². The Kier molecular flexibility index (Phi) is 4.97. The molecular formula is C13H20N2O3. The van der Waals surface area contributed by atoms with E-state index in [4.69, 9.17) is 15.2 Å². The topological polar surface area (TPSA) is 64.8 Å². The molecule has 1 atom stereocenters. The van der Waals surface area contributed by atoms with Crippen LogP contribution in [-0.2, 0) is 11.3 Å². The molecule has 0 heterocycles. The van der Waals surface area contributed by atoms with Gasteiger partial charge in [-0.25, -0.2) is 0 Å². The molecule has 0 fully saturated rings. The lowest BCUT2D eigenvalue weighted by Crippen LogP contribution is -2.35. The molecule has 0 aliphatic carbocycles. The van der Waals surface area contributed by atoms with Crippen LogP contribution >= 0.6 is 0 Å². The molecule has 5 heteroatoms. The number of rotatable bonds is 5. The Morgan fingerprint density at radius 1 is 1.44 bits per heavy atom. The van der Waals surface area contributed by atoms with Crippen molar-refractivity contribution in [3.05, 3.63) is 23.8 Å². The van der Waals surface area contributed by atoms with Crippen molar-refractivity contribution in [3.63, 3.8) is 0 Å². The van der Waals surface area contributed by atoms with Crippen LogP contribution in [0.3, 0.4) is 0 Å². The van der Waals surface area contributed by atoms with Crippen LogP contribution in [0.1, 0.15) is 12.5 Å². The first kappa shape index (κ1) is 14.3. The van der Waals surface area contributed by atoms with Gasteiger partial charge in [-0.3, -0.25) is 4.79 Å². The zero-order valence-electron chi connectivity index (χ0n) is 11.3. The Bertz CT molecular complexity index is 419. The number of hydrogen-bond donors (Lipinski definition) is 1. The van der Waals surface area contributed by atoms with Crippen LogP contribution in [0.4, 0.5) is 0 Å². The summed E-state index contributed by atoms with van der Waals surface area (Å²) >= 11 is 0. The van der Waals surface area contributed by atoms with E-state index in [0.717, 1.165) is 5.56 Å². The van der Waals surface area contributed by atoms with Crippen LogP contribution in [0.15, 0.2) is 18.2 Å². The zero-order chi connectivity index (χ0) is 13.7. The molecule has 0 bridgehead atoms. The number of methoxy groups -OCH3 is 1. The van der Waals surface area contributed by atoms with Gasteiger partial charge in [0.15, 0.2) is 6.10 Å². The first-order valence-electron chi connectivity index (χ1n) is 5.74. The molecule has 1 aromatic rings. The highest BCUT2D eigenvalue weighted by atomic mass is 16.5. The van der Waals surface area contributed by atoms with E-state index < -0.39 is 6.10 Å². The number of ether oxygens (including phenoxy) is 2. The van der Waals surface area contributed by atoms with Crippen LogP contribution < -0.4 is 15.2 Å². The fourth-order valence-corrected chi connectivity index (χ4v) is 1.54. The average Bonchev–Trinajstić information content (AvgIpc) is 2.37. The van der Waals surface area contributed by atoms with Crippen molar-refractivity contribution in [2.45, 2.75) is 19.6 Å². The molecule has 0 aliphatic rings. The second-order valence-corrected chi connectivity index (χ2v) is 4.17. The minimum absolute atomic E-state index is 0.0965. The molecule has 1 rings (SSSR count). The van der Waals surface area contributed by atoms with E-state index in [-0.39, 0.29) is 5.91 Å². The van der Waals surface area contributed by atoms with Crippen molar-refractivity contribution in [3.8, 4) is 11.5 Å². The van der Waals surface area contributed by atoms with Crippen LogP contribution in [-0.4, -0.2) is 38.1 Å². The third-order valence-corrected chi connectivity index (χ3v) is 2.59. The summed E-state index contributed by atoms with van der Waals surface area (Å²) in [5, 5.41) is 0. The molecular weight excluding hydrogens is 232 g/mol. The highest BCUT2D eigenvalue weighted by Crippen LogP contribution is 2.25. The van der Waals surface area contributed by atoms with Crippen LogP contribution in [0.2, 0.25) is 0 Å². The number of hydrogen-bond acceptors (Lipinski definition) is 4. The molecule has 2 N–H and O–H groups in total. The number of nitrogens with two attached hydrogens (primary N) is 1. The summed E-state index contributed by atoms with van der Waals surface area (Å²) in [6, 6.07) is 5.39. The van der Waals surface area contributed by atoms with Gasteiger partial charge in [0, 0.05) is 32.3 Å². The largest absolute Gasteiger partial charge is 0.497 e. The summed E-state index contributed by atoms with van der Waals surface area (Å²) in [5.41, 5.74) is 6.48. The number of carbonyl (C=O) groups excluding carboxylic acids is 1. The third kappa shape index (κ3) is 3.37. The molecule has 0 spiro atoms. The summed E-state index contributed by atoms with van der Waals surface area (Å²) in [7, 11) is 4.96. The normalized spacial score (nSPS) is 11.8. The maximum Gasteiger partial charge on any atom is 0.262 e. The Morgan fingerprint density at radius 2 is 2.11 bits per heavy atom.